The fraction of sp³-hybridized carbons (Fsp3) is 0.333. The van der Waals surface area contributed by atoms with Gasteiger partial charge in [-0.15, -0.1) is 0 Å². The van der Waals surface area contributed by atoms with Crippen LogP contribution in [0.1, 0.15) is 59.5 Å². The minimum absolute atomic E-state index is 0.107. The Bertz CT molecular complexity index is 1040. The van der Waals surface area contributed by atoms with Crippen molar-refractivity contribution in [2.75, 3.05) is 18.0 Å². The highest BCUT2D eigenvalue weighted by molar-refractivity contribution is 6.01. The quantitative estimate of drug-likeness (QED) is 0.302. The maximum absolute atomic E-state index is 9.86. The van der Waals surface area contributed by atoms with Crippen molar-refractivity contribution >= 4 is 11.4 Å². The summed E-state index contributed by atoms with van der Waals surface area (Å²) in [6, 6.07) is 21.4. The highest BCUT2D eigenvalue weighted by Gasteiger charge is 2.21. The topological polar surface area (TPSA) is 48.7 Å². The zero-order valence-corrected chi connectivity index (χ0v) is 18.5. The number of oxime groups is 1. The smallest absolute Gasteiger partial charge is 0.0878 e. The fourth-order valence-corrected chi connectivity index (χ4v) is 4.59. The van der Waals surface area contributed by atoms with E-state index in [-0.39, 0.29) is 5.92 Å². The number of nitrogens with zero attached hydrogens (tertiary/aromatic N) is 3. The van der Waals surface area contributed by atoms with Crippen molar-refractivity contribution in [3.63, 3.8) is 0 Å². The predicted molar refractivity (Wildman–Crippen MR) is 127 cm³/mol. The number of hydrogen-bond acceptors (Lipinski definition) is 4. The molecule has 0 saturated carbocycles. The van der Waals surface area contributed by atoms with Crippen molar-refractivity contribution in [2.45, 2.75) is 45.4 Å². The van der Waals surface area contributed by atoms with Gasteiger partial charge < -0.3 is 10.1 Å². The molecule has 4 heteroatoms. The van der Waals surface area contributed by atoms with Crippen molar-refractivity contribution in [1.29, 1.82) is 0 Å². The number of piperidine rings is 1. The maximum atomic E-state index is 9.86. The average molecular weight is 414 g/mol. The Morgan fingerprint density at radius 1 is 1.00 bits per heavy atom. The van der Waals surface area contributed by atoms with E-state index in [9.17, 15) is 5.21 Å². The summed E-state index contributed by atoms with van der Waals surface area (Å²) in [7, 11) is 0. The SMILES string of the molecule is Cc1cc(/C(CC(c2ccc(N3CCCCC3)cc2)c2ccccc2C)=N\O)ccn1. The molecule has 0 aliphatic carbocycles. The van der Waals surface area contributed by atoms with Crippen molar-refractivity contribution in [2.24, 2.45) is 5.16 Å². The first-order valence-corrected chi connectivity index (χ1v) is 11.2. The van der Waals surface area contributed by atoms with E-state index in [4.69, 9.17) is 0 Å². The van der Waals surface area contributed by atoms with Crippen molar-refractivity contribution in [3.05, 3.63) is 94.8 Å². The van der Waals surface area contributed by atoms with E-state index < -0.39 is 0 Å². The Balaban J connectivity index is 1.67. The lowest BCUT2D eigenvalue weighted by Crippen LogP contribution is -2.29. The summed E-state index contributed by atoms with van der Waals surface area (Å²) in [6.07, 6.45) is 6.27. The first kappa shape index (κ1) is 21.1. The van der Waals surface area contributed by atoms with Crippen LogP contribution in [0.25, 0.3) is 0 Å². The van der Waals surface area contributed by atoms with Gasteiger partial charge in [0.1, 0.15) is 0 Å². The Labute approximate surface area is 185 Å². The number of benzene rings is 2. The van der Waals surface area contributed by atoms with Gasteiger partial charge in [-0.3, -0.25) is 4.98 Å². The first-order chi connectivity index (χ1) is 15.2. The molecular weight excluding hydrogens is 382 g/mol. The molecule has 2 heterocycles. The minimum Gasteiger partial charge on any atom is -0.411 e. The minimum atomic E-state index is 0.107. The molecule has 3 aromatic rings. The summed E-state index contributed by atoms with van der Waals surface area (Å²) < 4.78 is 0. The molecule has 0 radical (unpaired) electrons. The second-order valence-corrected chi connectivity index (χ2v) is 8.49. The van der Waals surface area contributed by atoms with Gasteiger partial charge in [-0.05, 0) is 74.1 Å². The molecule has 1 aliphatic rings. The zero-order chi connectivity index (χ0) is 21.6. The van der Waals surface area contributed by atoms with Crippen LogP contribution in [-0.2, 0) is 0 Å². The van der Waals surface area contributed by atoms with E-state index in [2.05, 4.69) is 70.5 Å². The van der Waals surface area contributed by atoms with Crippen molar-refractivity contribution < 1.29 is 5.21 Å². The van der Waals surface area contributed by atoms with Crippen LogP contribution < -0.4 is 4.90 Å². The van der Waals surface area contributed by atoms with Gasteiger partial charge in [-0.25, -0.2) is 0 Å². The third-order valence-electron chi connectivity index (χ3n) is 6.33. The Morgan fingerprint density at radius 3 is 2.42 bits per heavy atom. The molecule has 1 atom stereocenters. The monoisotopic (exact) mass is 413 g/mol. The molecule has 1 aromatic heterocycles. The summed E-state index contributed by atoms with van der Waals surface area (Å²) in [5.74, 6) is 0.107. The molecule has 31 heavy (non-hydrogen) atoms. The number of aryl methyl sites for hydroxylation is 2. The van der Waals surface area contributed by atoms with E-state index in [0.717, 1.165) is 24.3 Å². The summed E-state index contributed by atoms with van der Waals surface area (Å²) >= 11 is 0. The molecule has 0 bridgehead atoms. The van der Waals surface area contributed by atoms with E-state index in [0.29, 0.717) is 12.1 Å². The maximum Gasteiger partial charge on any atom is 0.0878 e. The van der Waals surface area contributed by atoms with Gasteiger partial charge in [0, 0.05) is 48.6 Å². The molecule has 4 nitrogen and oxygen atoms in total. The summed E-state index contributed by atoms with van der Waals surface area (Å²) in [5.41, 5.74) is 7.56. The van der Waals surface area contributed by atoms with Gasteiger partial charge in [0.2, 0.25) is 0 Å². The average Bonchev–Trinajstić information content (AvgIpc) is 2.81. The normalized spacial score (nSPS) is 15.7. The predicted octanol–water partition coefficient (Wildman–Crippen LogP) is 6.09. The molecule has 1 unspecified atom stereocenters. The van der Waals surface area contributed by atoms with Crippen LogP contribution in [0, 0.1) is 13.8 Å². The number of hydrogen-bond donors (Lipinski definition) is 1. The molecule has 1 saturated heterocycles. The second kappa shape index (κ2) is 9.78. The highest BCUT2D eigenvalue weighted by atomic mass is 16.4. The fourth-order valence-electron chi connectivity index (χ4n) is 4.59. The van der Waals surface area contributed by atoms with Gasteiger partial charge in [0.25, 0.3) is 0 Å². The van der Waals surface area contributed by atoms with E-state index in [1.807, 2.05) is 19.1 Å². The lowest BCUT2D eigenvalue weighted by molar-refractivity contribution is 0.317. The highest BCUT2D eigenvalue weighted by Crippen LogP contribution is 2.33. The molecule has 2 aromatic carbocycles. The Hall–Kier alpha value is -3.14. The van der Waals surface area contributed by atoms with Crippen LogP contribution in [0.3, 0.4) is 0 Å². The van der Waals surface area contributed by atoms with Crippen LogP contribution in [0.4, 0.5) is 5.69 Å². The summed E-state index contributed by atoms with van der Waals surface area (Å²) in [6.45, 7) is 6.39. The number of pyridine rings is 1. The van der Waals surface area contributed by atoms with Crippen molar-refractivity contribution in [1.82, 2.24) is 4.98 Å². The number of aromatic nitrogens is 1. The third-order valence-corrected chi connectivity index (χ3v) is 6.33. The van der Waals surface area contributed by atoms with Crippen LogP contribution in [0.2, 0.25) is 0 Å². The lowest BCUT2D eigenvalue weighted by Gasteiger charge is -2.29. The number of anilines is 1. The summed E-state index contributed by atoms with van der Waals surface area (Å²) in [4.78, 5) is 6.76. The van der Waals surface area contributed by atoms with Gasteiger partial charge in [0.05, 0.1) is 5.71 Å². The van der Waals surface area contributed by atoms with E-state index >= 15 is 0 Å². The molecule has 160 valence electrons. The first-order valence-electron chi connectivity index (χ1n) is 11.2. The van der Waals surface area contributed by atoms with Gasteiger partial charge in [-0.1, -0.05) is 41.6 Å². The largest absolute Gasteiger partial charge is 0.411 e. The number of rotatable bonds is 6. The third kappa shape index (κ3) is 4.96. The van der Waals surface area contributed by atoms with Crippen LogP contribution in [0.15, 0.2) is 72.0 Å². The molecule has 1 N–H and O–H groups in total. The second-order valence-electron chi connectivity index (χ2n) is 8.49. The van der Waals surface area contributed by atoms with Crippen LogP contribution in [0.5, 0.6) is 0 Å². The molecule has 0 amide bonds. The standard InChI is InChI=1S/C27H31N3O/c1-20-8-4-5-9-25(20)26(19-27(29-31)23-14-15-28-21(2)18-23)22-10-12-24(13-11-22)30-16-6-3-7-17-30/h4-5,8-15,18,26,31H,3,6-7,16-17,19H2,1-2H3/b29-27-. The van der Waals surface area contributed by atoms with Crippen molar-refractivity contribution in [3.8, 4) is 0 Å². The molecular formula is C27H31N3O. The Kier molecular flexibility index (Phi) is 6.66. The Morgan fingerprint density at radius 2 is 1.74 bits per heavy atom. The molecule has 4 rings (SSSR count). The molecule has 0 spiro atoms. The zero-order valence-electron chi connectivity index (χ0n) is 18.5. The van der Waals surface area contributed by atoms with E-state index in [1.165, 1.54) is 41.6 Å². The van der Waals surface area contributed by atoms with Gasteiger partial charge in [0.15, 0.2) is 0 Å². The van der Waals surface area contributed by atoms with Gasteiger partial charge in [-0.2, -0.15) is 0 Å². The van der Waals surface area contributed by atoms with Gasteiger partial charge >= 0.3 is 0 Å². The van der Waals surface area contributed by atoms with Crippen LogP contribution >= 0.6 is 0 Å². The molecule has 1 aliphatic heterocycles. The molecule has 1 fully saturated rings. The lowest BCUT2D eigenvalue weighted by atomic mass is 9.83. The summed E-state index contributed by atoms with van der Waals surface area (Å²) in [5, 5.41) is 13.5. The van der Waals surface area contributed by atoms with E-state index in [1.54, 1.807) is 6.20 Å². The van der Waals surface area contributed by atoms with Crippen LogP contribution in [-0.4, -0.2) is 29.0 Å².